The molecule has 2 aromatic carbocycles. The number of nitrogens with zero attached hydrogens (tertiary/aromatic N) is 5. The second-order valence-electron chi connectivity index (χ2n) is 12.7. The van der Waals surface area contributed by atoms with Crippen LogP contribution in [0, 0.1) is 27.7 Å². The van der Waals surface area contributed by atoms with Crippen molar-refractivity contribution in [2.75, 3.05) is 31.1 Å². The summed E-state index contributed by atoms with van der Waals surface area (Å²) < 4.78 is 1.86. The largest absolute Gasteiger partial charge is 0.478 e. The van der Waals surface area contributed by atoms with Crippen LogP contribution in [0.5, 0.6) is 0 Å². The number of piperazine rings is 1. The van der Waals surface area contributed by atoms with Crippen LogP contribution in [0.15, 0.2) is 42.6 Å². The minimum atomic E-state index is -0.992. The van der Waals surface area contributed by atoms with Crippen LogP contribution < -0.4 is 4.90 Å². The van der Waals surface area contributed by atoms with E-state index in [4.69, 9.17) is 23.2 Å². The molecule has 0 bridgehead atoms. The van der Waals surface area contributed by atoms with E-state index >= 15 is 0 Å². The summed E-state index contributed by atoms with van der Waals surface area (Å²) in [7, 11) is 1.92. The van der Waals surface area contributed by atoms with Crippen molar-refractivity contribution in [2.24, 2.45) is 7.05 Å². The molecule has 1 aliphatic heterocycles. The molecule has 0 radical (unpaired) electrons. The smallest absolute Gasteiger partial charge is 0.335 e. The number of carboxylic acid groups (broad SMARTS) is 1. The lowest BCUT2D eigenvalue weighted by Crippen LogP contribution is -2.49. The highest BCUT2D eigenvalue weighted by molar-refractivity contribution is 6.35. The second kappa shape index (κ2) is 13.6. The van der Waals surface area contributed by atoms with Crippen molar-refractivity contribution >= 4 is 51.8 Å². The quantitative estimate of drug-likeness (QED) is 0.154. The van der Waals surface area contributed by atoms with Crippen LogP contribution in [0.2, 0.25) is 10.0 Å². The SMILES string of the molecule is Cc1cc(CCCCc2c(C(=O)N3CCN(c4cc(C(=O)O)ccn4)CC3)[nH]c3c(-c4c(C)nn(C)c4C)c(Cl)ccc23)cc(C)c1Cl. The molecular weight excluding hydrogens is 647 g/mol. The molecule has 11 heteroatoms. The maximum atomic E-state index is 14.3. The zero-order valence-electron chi connectivity index (χ0n) is 28.0. The highest BCUT2D eigenvalue weighted by Gasteiger charge is 2.29. The third-order valence-electron chi connectivity index (χ3n) is 9.53. The summed E-state index contributed by atoms with van der Waals surface area (Å²) in [6.07, 6.45) is 5.02. The number of hydrogen-bond donors (Lipinski definition) is 2. The van der Waals surface area contributed by atoms with E-state index in [-0.39, 0.29) is 11.5 Å². The Morgan fingerprint density at radius 2 is 1.60 bits per heavy atom. The van der Waals surface area contributed by atoms with Gasteiger partial charge in [0.25, 0.3) is 5.91 Å². The molecule has 1 saturated heterocycles. The lowest BCUT2D eigenvalue weighted by Gasteiger charge is -2.35. The Bertz CT molecular complexity index is 2020. The molecule has 5 aromatic rings. The number of unbranched alkanes of at least 4 members (excludes halogenated alkanes) is 1. The van der Waals surface area contributed by atoms with Gasteiger partial charge < -0.3 is 19.9 Å². The number of halogens is 2. The molecule has 1 aliphatic rings. The first-order valence-electron chi connectivity index (χ1n) is 16.3. The number of carbonyl (C=O) groups is 2. The summed E-state index contributed by atoms with van der Waals surface area (Å²) >= 11 is 13.3. The maximum absolute atomic E-state index is 14.3. The Labute approximate surface area is 290 Å². The van der Waals surface area contributed by atoms with E-state index in [1.54, 1.807) is 6.07 Å². The fourth-order valence-corrected chi connectivity index (χ4v) is 7.31. The number of rotatable bonds is 9. The first kappa shape index (κ1) is 33.6. The number of aromatic nitrogens is 4. The summed E-state index contributed by atoms with van der Waals surface area (Å²) in [5, 5.41) is 16.5. The summed E-state index contributed by atoms with van der Waals surface area (Å²) in [5.74, 6) is -0.451. The van der Waals surface area contributed by atoms with Crippen molar-refractivity contribution in [3.8, 4) is 11.1 Å². The number of amides is 1. The number of pyridine rings is 1. The monoisotopic (exact) mass is 686 g/mol. The lowest BCUT2D eigenvalue weighted by atomic mass is 9.96. The number of fused-ring (bicyclic) bond motifs is 1. The number of nitrogens with one attached hydrogen (secondary N) is 1. The van der Waals surface area contributed by atoms with Gasteiger partial charge in [0.15, 0.2) is 0 Å². The number of anilines is 1. The number of carboxylic acids is 1. The molecule has 6 rings (SSSR count). The van der Waals surface area contributed by atoms with Crippen LogP contribution in [0.1, 0.15) is 67.3 Å². The summed E-state index contributed by atoms with van der Waals surface area (Å²) in [5.41, 5.74) is 9.76. The molecule has 0 aliphatic carbocycles. The van der Waals surface area contributed by atoms with E-state index < -0.39 is 5.97 Å². The number of H-pyrrole nitrogens is 1. The zero-order valence-corrected chi connectivity index (χ0v) is 29.5. The Morgan fingerprint density at radius 1 is 0.917 bits per heavy atom. The van der Waals surface area contributed by atoms with Crippen LogP contribution in [0.3, 0.4) is 0 Å². The molecule has 0 spiro atoms. The van der Waals surface area contributed by atoms with Gasteiger partial charge in [-0.15, -0.1) is 0 Å². The molecule has 0 atom stereocenters. The van der Waals surface area contributed by atoms with E-state index in [1.165, 1.54) is 17.8 Å². The topological polar surface area (TPSA) is 107 Å². The Hall–Kier alpha value is -4.34. The van der Waals surface area contributed by atoms with E-state index in [9.17, 15) is 14.7 Å². The molecule has 1 amide bonds. The van der Waals surface area contributed by atoms with Crippen LogP contribution >= 0.6 is 23.2 Å². The normalized spacial score (nSPS) is 13.5. The number of benzene rings is 2. The minimum absolute atomic E-state index is 0.0567. The third kappa shape index (κ3) is 6.41. The van der Waals surface area contributed by atoms with E-state index in [2.05, 4.69) is 27.2 Å². The van der Waals surface area contributed by atoms with Gasteiger partial charge in [-0.3, -0.25) is 9.48 Å². The molecular formula is C37H40Cl2N6O3. The fraction of sp³-hybridized carbons (Fsp3) is 0.351. The zero-order chi connectivity index (χ0) is 34.3. The van der Waals surface area contributed by atoms with Crippen molar-refractivity contribution in [3.05, 3.63) is 97.5 Å². The molecule has 0 unspecified atom stereocenters. The number of aromatic carboxylic acids is 1. The molecule has 2 N–H and O–H groups in total. The minimum Gasteiger partial charge on any atom is -0.478 e. The Kier molecular flexibility index (Phi) is 9.54. The van der Waals surface area contributed by atoms with Crippen LogP contribution in [-0.4, -0.2) is 67.8 Å². The number of hydrogen-bond acceptors (Lipinski definition) is 5. The fourth-order valence-electron chi connectivity index (χ4n) is 6.95. The average Bonchev–Trinajstić information content (AvgIpc) is 3.56. The second-order valence-corrected chi connectivity index (χ2v) is 13.5. The van der Waals surface area contributed by atoms with Crippen molar-refractivity contribution in [1.82, 2.24) is 24.6 Å². The summed E-state index contributed by atoms with van der Waals surface area (Å²) in [6, 6.07) is 11.3. The van der Waals surface area contributed by atoms with Crippen molar-refractivity contribution in [3.63, 3.8) is 0 Å². The number of aromatic amines is 1. The standard InChI is InChI=1S/C37H40Cl2N6O3/c1-21-18-25(19-22(2)33(21)39)8-6-7-9-27-28-10-11-29(38)32(31-23(3)42-43(5)24(31)4)34(28)41-35(27)36(46)45-16-14-44(15-17-45)30-20-26(37(47)48)12-13-40-30/h10-13,18-20,41H,6-9,14-17H2,1-5H3,(H,47,48). The van der Waals surface area contributed by atoms with Gasteiger partial charge in [0.05, 0.1) is 21.8 Å². The van der Waals surface area contributed by atoms with E-state index in [0.29, 0.717) is 42.7 Å². The molecule has 1 fully saturated rings. The average molecular weight is 688 g/mol. The van der Waals surface area contributed by atoms with Gasteiger partial charge in [-0.05, 0) is 93.8 Å². The highest BCUT2D eigenvalue weighted by Crippen LogP contribution is 2.40. The van der Waals surface area contributed by atoms with Gasteiger partial charge in [-0.25, -0.2) is 9.78 Å². The lowest BCUT2D eigenvalue weighted by molar-refractivity contribution is 0.0695. The van der Waals surface area contributed by atoms with Gasteiger partial charge in [-0.2, -0.15) is 5.10 Å². The van der Waals surface area contributed by atoms with Gasteiger partial charge in [0, 0.05) is 66.7 Å². The van der Waals surface area contributed by atoms with Gasteiger partial charge in [0.1, 0.15) is 11.5 Å². The van der Waals surface area contributed by atoms with Crippen molar-refractivity contribution < 1.29 is 14.7 Å². The van der Waals surface area contributed by atoms with Crippen molar-refractivity contribution in [1.29, 1.82) is 0 Å². The Morgan fingerprint density at radius 3 is 2.25 bits per heavy atom. The van der Waals surface area contributed by atoms with Crippen LogP contribution in [0.4, 0.5) is 5.82 Å². The summed E-state index contributed by atoms with van der Waals surface area (Å²) in [6.45, 7) is 10.1. The van der Waals surface area contributed by atoms with Crippen LogP contribution in [0.25, 0.3) is 22.0 Å². The van der Waals surface area contributed by atoms with Crippen molar-refractivity contribution in [2.45, 2.75) is 53.4 Å². The number of carbonyl (C=O) groups excluding carboxylic acids is 1. The van der Waals surface area contributed by atoms with E-state index in [0.717, 1.165) is 80.8 Å². The van der Waals surface area contributed by atoms with Gasteiger partial charge in [-0.1, -0.05) is 41.4 Å². The summed E-state index contributed by atoms with van der Waals surface area (Å²) in [4.78, 5) is 37.7. The number of aryl methyl sites for hydroxylation is 6. The molecule has 48 heavy (non-hydrogen) atoms. The predicted octanol–water partition coefficient (Wildman–Crippen LogP) is 7.73. The first-order valence-corrected chi connectivity index (χ1v) is 17.0. The highest BCUT2D eigenvalue weighted by atomic mass is 35.5. The molecule has 250 valence electrons. The third-order valence-corrected chi connectivity index (χ3v) is 10.4. The van der Waals surface area contributed by atoms with E-state index in [1.807, 2.05) is 61.4 Å². The van der Waals surface area contributed by atoms with Crippen LogP contribution in [-0.2, 0) is 19.9 Å². The molecule has 3 aromatic heterocycles. The predicted molar refractivity (Wildman–Crippen MR) is 192 cm³/mol. The van der Waals surface area contributed by atoms with Gasteiger partial charge >= 0.3 is 5.97 Å². The molecule has 9 nitrogen and oxygen atoms in total. The first-order chi connectivity index (χ1) is 22.9. The maximum Gasteiger partial charge on any atom is 0.335 e. The Balaban J connectivity index is 1.30. The van der Waals surface area contributed by atoms with Gasteiger partial charge in [0.2, 0.25) is 0 Å². The molecule has 4 heterocycles. The molecule has 0 saturated carbocycles.